The van der Waals surface area contributed by atoms with Crippen LogP contribution in [-0.2, 0) is 0 Å². The Labute approximate surface area is 159 Å². The lowest BCUT2D eigenvalue weighted by Gasteiger charge is -2.09. The monoisotopic (exact) mass is 358 g/mol. The number of hydrogen-bond acceptors (Lipinski definition) is 4. The number of phenols is 2. The molecule has 0 unspecified atom stereocenters. The molecule has 0 aliphatic carbocycles. The van der Waals surface area contributed by atoms with E-state index < -0.39 is 0 Å². The van der Waals surface area contributed by atoms with Crippen molar-refractivity contribution in [2.75, 3.05) is 0 Å². The summed E-state index contributed by atoms with van der Waals surface area (Å²) in [4.78, 5) is 9.37. The van der Waals surface area contributed by atoms with Gasteiger partial charge in [-0.15, -0.1) is 0 Å². The molecule has 0 saturated carbocycles. The number of phenolic OH excluding ortho intramolecular Hbond substituents is 2. The van der Waals surface area contributed by atoms with Crippen molar-refractivity contribution in [1.29, 1.82) is 0 Å². The van der Waals surface area contributed by atoms with Gasteiger partial charge >= 0.3 is 0 Å². The van der Waals surface area contributed by atoms with Gasteiger partial charge in [-0.3, -0.25) is 9.98 Å². The van der Waals surface area contributed by atoms with Crippen LogP contribution < -0.4 is 0 Å². The fourth-order valence-corrected chi connectivity index (χ4v) is 2.89. The van der Waals surface area contributed by atoms with E-state index in [4.69, 9.17) is 0 Å². The molecular formula is C23H22N2O2. The molecule has 27 heavy (non-hydrogen) atoms. The summed E-state index contributed by atoms with van der Waals surface area (Å²) in [5.41, 5.74) is 5.39. The first-order chi connectivity index (χ1) is 13.0. The highest BCUT2D eigenvalue weighted by atomic mass is 16.3. The van der Waals surface area contributed by atoms with Crippen LogP contribution in [-0.4, -0.2) is 21.6 Å². The fraction of sp³-hybridized carbons (Fsp3) is 0.130. The van der Waals surface area contributed by atoms with Crippen LogP contribution in [0.3, 0.4) is 0 Å². The molecule has 0 radical (unpaired) electrons. The van der Waals surface area contributed by atoms with Crippen molar-refractivity contribution in [3.8, 4) is 11.5 Å². The SMILES string of the molecule is CC(=Nc1cccc(N=C(C)c2ccccc2O)c1C)c1ccccc1O. The Morgan fingerprint density at radius 1 is 0.630 bits per heavy atom. The molecule has 0 atom stereocenters. The number of aromatic hydroxyl groups is 2. The van der Waals surface area contributed by atoms with Gasteiger partial charge in [0.2, 0.25) is 0 Å². The number of para-hydroxylation sites is 2. The molecule has 3 rings (SSSR count). The number of aliphatic imine (C=N–C) groups is 2. The maximum absolute atomic E-state index is 10.0. The number of rotatable bonds is 4. The predicted octanol–water partition coefficient (Wildman–Crippen LogP) is 5.69. The maximum Gasteiger partial charge on any atom is 0.124 e. The molecule has 0 aliphatic rings. The topological polar surface area (TPSA) is 65.2 Å². The van der Waals surface area contributed by atoms with Crippen LogP contribution in [0.4, 0.5) is 11.4 Å². The van der Waals surface area contributed by atoms with Crippen molar-refractivity contribution in [3.63, 3.8) is 0 Å². The van der Waals surface area contributed by atoms with Gasteiger partial charge < -0.3 is 10.2 Å². The molecule has 3 aromatic rings. The van der Waals surface area contributed by atoms with Gasteiger partial charge in [-0.25, -0.2) is 0 Å². The van der Waals surface area contributed by atoms with Crippen molar-refractivity contribution in [2.24, 2.45) is 9.98 Å². The summed E-state index contributed by atoms with van der Waals surface area (Å²) in [6.07, 6.45) is 0. The quantitative estimate of drug-likeness (QED) is 0.589. The van der Waals surface area contributed by atoms with E-state index >= 15 is 0 Å². The standard InChI is InChI=1S/C23H22N2O2/c1-15-20(24-16(2)18-9-4-6-13-22(18)26)11-8-12-21(15)25-17(3)19-10-5-7-14-23(19)27/h4-14,26-27H,1-3H3. The number of nitrogens with zero attached hydrogens (tertiary/aromatic N) is 2. The molecule has 4 nitrogen and oxygen atoms in total. The number of benzene rings is 3. The van der Waals surface area contributed by atoms with Crippen LogP contribution in [0.5, 0.6) is 11.5 Å². The van der Waals surface area contributed by atoms with E-state index in [2.05, 4.69) is 9.98 Å². The zero-order valence-corrected chi connectivity index (χ0v) is 15.6. The van der Waals surface area contributed by atoms with Crippen LogP contribution >= 0.6 is 0 Å². The summed E-state index contributed by atoms with van der Waals surface area (Å²) in [5, 5.41) is 20.1. The Balaban J connectivity index is 2.00. The summed E-state index contributed by atoms with van der Waals surface area (Å²) in [5.74, 6) is 0.418. The Morgan fingerprint density at radius 3 is 1.44 bits per heavy atom. The zero-order valence-electron chi connectivity index (χ0n) is 15.6. The molecule has 0 aromatic heterocycles. The highest BCUT2D eigenvalue weighted by molar-refractivity contribution is 6.03. The molecule has 136 valence electrons. The van der Waals surface area contributed by atoms with Crippen molar-refractivity contribution in [3.05, 3.63) is 83.4 Å². The van der Waals surface area contributed by atoms with Gasteiger partial charge in [-0.05, 0) is 57.2 Å². The lowest BCUT2D eigenvalue weighted by molar-refractivity contribution is 0.473. The normalized spacial score (nSPS) is 12.3. The third-order valence-electron chi connectivity index (χ3n) is 4.44. The molecule has 3 aromatic carbocycles. The first kappa shape index (κ1) is 18.4. The largest absolute Gasteiger partial charge is 0.507 e. The third-order valence-corrected chi connectivity index (χ3v) is 4.44. The molecule has 0 amide bonds. The lowest BCUT2D eigenvalue weighted by atomic mass is 10.1. The van der Waals surface area contributed by atoms with Gasteiger partial charge in [0.25, 0.3) is 0 Å². The molecule has 0 heterocycles. The van der Waals surface area contributed by atoms with Gasteiger partial charge in [0.05, 0.1) is 11.4 Å². The van der Waals surface area contributed by atoms with Gasteiger partial charge in [-0.1, -0.05) is 30.3 Å². The second-order valence-corrected chi connectivity index (χ2v) is 6.35. The summed E-state index contributed by atoms with van der Waals surface area (Å²) in [6.45, 7) is 5.71. The minimum atomic E-state index is 0.209. The number of hydrogen-bond donors (Lipinski definition) is 2. The molecule has 0 spiro atoms. The van der Waals surface area contributed by atoms with E-state index in [0.717, 1.165) is 28.4 Å². The van der Waals surface area contributed by atoms with Crippen LogP contribution in [0.15, 0.2) is 76.7 Å². The second kappa shape index (κ2) is 7.87. The van der Waals surface area contributed by atoms with Crippen LogP contribution in [0.1, 0.15) is 30.5 Å². The smallest absolute Gasteiger partial charge is 0.124 e. The molecule has 0 fully saturated rings. The highest BCUT2D eigenvalue weighted by Gasteiger charge is 2.08. The molecule has 0 aliphatic heterocycles. The molecule has 0 saturated heterocycles. The van der Waals surface area contributed by atoms with Crippen molar-refractivity contribution < 1.29 is 10.2 Å². The van der Waals surface area contributed by atoms with Gasteiger partial charge in [0.1, 0.15) is 11.5 Å². The summed E-state index contributed by atoms with van der Waals surface area (Å²) in [6, 6.07) is 20.1. The van der Waals surface area contributed by atoms with E-state index in [1.165, 1.54) is 0 Å². The van der Waals surface area contributed by atoms with E-state index in [-0.39, 0.29) is 11.5 Å². The Morgan fingerprint density at radius 2 is 1.04 bits per heavy atom. The second-order valence-electron chi connectivity index (χ2n) is 6.35. The molecule has 0 bridgehead atoms. The lowest BCUT2D eigenvalue weighted by Crippen LogP contribution is -1.96. The highest BCUT2D eigenvalue weighted by Crippen LogP contribution is 2.30. The van der Waals surface area contributed by atoms with Gasteiger partial charge in [0.15, 0.2) is 0 Å². The first-order valence-corrected chi connectivity index (χ1v) is 8.74. The van der Waals surface area contributed by atoms with Crippen LogP contribution in [0.25, 0.3) is 0 Å². The Hall–Kier alpha value is -3.40. The summed E-state index contributed by atoms with van der Waals surface area (Å²) >= 11 is 0. The predicted molar refractivity (Wildman–Crippen MR) is 111 cm³/mol. The Kier molecular flexibility index (Phi) is 5.36. The summed E-state index contributed by atoms with van der Waals surface area (Å²) in [7, 11) is 0. The Bertz CT molecular complexity index is 956. The van der Waals surface area contributed by atoms with E-state index in [9.17, 15) is 10.2 Å². The van der Waals surface area contributed by atoms with E-state index in [1.807, 2.05) is 63.2 Å². The van der Waals surface area contributed by atoms with Crippen molar-refractivity contribution >= 4 is 22.8 Å². The van der Waals surface area contributed by atoms with E-state index in [0.29, 0.717) is 11.1 Å². The minimum Gasteiger partial charge on any atom is -0.507 e. The first-order valence-electron chi connectivity index (χ1n) is 8.74. The van der Waals surface area contributed by atoms with Crippen LogP contribution in [0.2, 0.25) is 0 Å². The average Bonchev–Trinajstić information content (AvgIpc) is 2.65. The van der Waals surface area contributed by atoms with Crippen molar-refractivity contribution in [2.45, 2.75) is 20.8 Å². The molecular weight excluding hydrogens is 336 g/mol. The van der Waals surface area contributed by atoms with Gasteiger partial charge in [0, 0.05) is 28.1 Å². The third kappa shape index (κ3) is 4.06. The van der Waals surface area contributed by atoms with Gasteiger partial charge in [-0.2, -0.15) is 0 Å². The fourth-order valence-electron chi connectivity index (χ4n) is 2.89. The maximum atomic E-state index is 10.0. The molecule has 2 N–H and O–H groups in total. The minimum absolute atomic E-state index is 0.209. The van der Waals surface area contributed by atoms with Crippen molar-refractivity contribution in [1.82, 2.24) is 0 Å². The zero-order chi connectivity index (χ0) is 19.4. The molecule has 4 heteroatoms. The van der Waals surface area contributed by atoms with E-state index in [1.54, 1.807) is 24.3 Å². The summed E-state index contributed by atoms with van der Waals surface area (Å²) < 4.78 is 0. The average molecular weight is 358 g/mol. The van der Waals surface area contributed by atoms with Crippen LogP contribution in [0, 0.1) is 6.92 Å².